The van der Waals surface area contributed by atoms with Crippen LogP contribution in [0.5, 0.6) is 0 Å². The highest BCUT2D eigenvalue weighted by atomic mass is 35.5. The van der Waals surface area contributed by atoms with Crippen LogP contribution in [0.2, 0.25) is 5.02 Å². The molecule has 0 fully saturated rings. The second kappa shape index (κ2) is 7.30. The van der Waals surface area contributed by atoms with Gasteiger partial charge in [-0.1, -0.05) is 29.8 Å². The van der Waals surface area contributed by atoms with Crippen LogP contribution in [0.4, 0.5) is 0 Å². The predicted octanol–water partition coefficient (Wildman–Crippen LogP) is 4.90. The molecule has 2 aromatic carbocycles. The van der Waals surface area contributed by atoms with Crippen molar-refractivity contribution in [2.75, 3.05) is 6.54 Å². The monoisotopic (exact) mass is 386 g/mol. The summed E-state index contributed by atoms with van der Waals surface area (Å²) in [5, 5.41) is 1.95. The molecule has 1 aliphatic rings. The van der Waals surface area contributed by atoms with Gasteiger partial charge in [0, 0.05) is 60.0 Å². The Kier molecular flexibility index (Phi) is 4.51. The van der Waals surface area contributed by atoms with Crippen molar-refractivity contribution in [2.24, 2.45) is 0 Å². The summed E-state index contributed by atoms with van der Waals surface area (Å²) in [6.45, 7) is 2.76. The summed E-state index contributed by atoms with van der Waals surface area (Å²) in [5.41, 5.74) is 5.72. The fourth-order valence-corrected chi connectivity index (χ4v) is 3.91. The zero-order valence-corrected chi connectivity index (χ0v) is 16.1. The molecule has 0 aliphatic carbocycles. The van der Waals surface area contributed by atoms with E-state index in [4.69, 9.17) is 16.6 Å². The largest absolute Gasteiger partial charge is 0.294 e. The van der Waals surface area contributed by atoms with Crippen molar-refractivity contribution in [1.29, 1.82) is 0 Å². The van der Waals surface area contributed by atoms with Crippen LogP contribution in [0.1, 0.15) is 16.8 Å². The highest BCUT2D eigenvalue weighted by molar-refractivity contribution is 6.30. The molecular weight excluding hydrogens is 368 g/mol. The van der Waals surface area contributed by atoms with E-state index in [0.717, 1.165) is 53.7 Å². The van der Waals surface area contributed by atoms with Gasteiger partial charge in [0.15, 0.2) is 5.82 Å². The van der Waals surface area contributed by atoms with Gasteiger partial charge < -0.3 is 0 Å². The molecule has 0 unspecified atom stereocenters. The predicted molar refractivity (Wildman–Crippen MR) is 112 cm³/mol. The third-order valence-electron chi connectivity index (χ3n) is 5.25. The van der Waals surface area contributed by atoms with Gasteiger partial charge in [0.05, 0.1) is 11.2 Å². The number of aromatic nitrogens is 3. The molecule has 0 saturated carbocycles. The zero-order chi connectivity index (χ0) is 18.9. The van der Waals surface area contributed by atoms with Crippen LogP contribution in [0.15, 0.2) is 67.0 Å². The molecule has 5 rings (SSSR count). The van der Waals surface area contributed by atoms with Crippen molar-refractivity contribution >= 4 is 22.5 Å². The van der Waals surface area contributed by atoms with Gasteiger partial charge in [-0.05, 0) is 42.0 Å². The lowest BCUT2D eigenvalue weighted by molar-refractivity contribution is 0.244. The van der Waals surface area contributed by atoms with E-state index in [-0.39, 0.29) is 0 Å². The minimum atomic E-state index is 0.723. The van der Waals surface area contributed by atoms with E-state index in [1.165, 1.54) is 16.5 Å². The summed E-state index contributed by atoms with van der Waals surface area (Å²) in [5.74, 6) is 0.768. The SMILES string of the molecule is Clc1ccc(-c2ncc3c(n2)CCN(Cc2ccnc4ccccc24)C3)cc1. The molecule has 3 heterocycles. The number of pyridine rings is 1. The van der Waals surface area contributed by atoms with Crippen LogP contribution in [-0.2, 0) is 19.5 Å². The summed E-state index contributed by atoms with van der Waals surface area (Å²) in [7, 11) is 0. The molecule has 138 valence electrons. The molecule has 0 atom stereocenters. The normalized spacial score (nSPS) is 14.2. The van der Waals surface area contributed by atoms with Crippen LogP contribution in [-0.4, -0.2) is 26.4 Å². The van der Waals surface area contributed by atoms with Crippen molar-refractivity contribution in [1.82, 2.24) is 19.9 Å². The topological polar surface area (TPSA) is 41.9 Å². The molecule has 28 heavy (non-hydrogen) atoms. The third-order valence-corrected chi connectivity index (χ3v) is 5.50. The first-order chi connectivity index (χ1) is 13.8. The molecule has 1 aliphatic heterocycles. The van der Waals surface area contributed by atoms with E-state index >= 15 is 0 Å². The molecule has 0 N–H and O–H groups in total. The average molecular weight is 387 g/mol. The number of rotatable bonds is 3. The molecule has 0 amide bonds. The van der Waals surface area contributed by atoms with Crippen LogP contribution in [0, 0.1) is 0 Å². The standard InChI is InChI=1S/C23H19ClN4/c24-19-7-5-16(6-8-19)23-26-13-18-15-28(12-10-21(18)27-23)14-17-9-11-25-22-4-2-1-3-20(17)22/h1-9,11,13H,10,12,14-15H2. The Morgan fingerprint density at radius 2 is 1.82 bits per heavy atom. The second-order valence-corrected chi connectivity index (χ2v) is 7.56. The molecule has 0 radical (unpaired) electrons. The Bertz CT molecular complexity index is 1140. The first kappa shape index (κ1) is 17.3. The maximum atomic E-state index is 5.98. The van der Waals surface area contributed by atoms with Gasteiger partial charge in [-0.2, -0.15) is 0 Å². The smallest absolute Gasteiger partial charge is 0.159 e. The van der Waals surface area contributed by atoms with Crippen molar-refractivity contribution < 1.29 is 0 Å². The first-order valence-electron chi connectivity index (χ1n) is 9.42. The fourth-order valence-electron chi connectivity index (χ4n) is 3.78. The molecule has 2 aromatic heterocycles. The Hall–Kier alpha value is -2.82. The summed E-state index contributed by atoms with van der Waals surface area (Å²) in [4.78, 5) is 16.3. The molecule has 4 nitrogen and oxygen atoms in total. The van der Waals surface area contributed by atoms with Crippen LogP contribution < -0.4 is 0 Å². The van der Waals surface area contributed by atoms with E-state index < -0.39 is 0 Å². The highest BCUT2D eigenvalue weighted by Crippen LogP contribution is 2.24. The Morgan fingerprint density at radius 1 is 0.964 bits per heavy atom. The molecule has 5 heteroatoms. The maximum Gasteiger partial charge on any atom is 0.159 e. The van der Waals surface area contributed by atoms with Crippen molar-refractivity contribution in [3.05, 3.63) is 88.8 Å². The minimum Gasteiger partial charge on any atom is -0.294 e. The lowest BCUT2D eigenvalue weighted by Crippen LogP contribution is -2.31. The Labute approximate surface area is 168 Å². The van der Waals surface area contributed by atoms with Gasteiger partial charge in [0.2, 0.25) is 0 Å². The molecule has 0 bridgehead atoms. The first-order valence-corrected chi connectivity index (χ1v) is 9.80. The van der Waals surface area contributed by atoms with Gasteiger partial charge in [-0.15, -0.1) is 0 Å². The number of para-hydroxylation sites is 1. The lowest BCUT2D eigenvalue weighted by Gasteiger charge is -2.28. The number of hydrogen-bond donors (Lipinski definition) is 0. The number of halogens is 1. The maximum absolute atomic E-state index is 5.98. The quantitative estimate of drug-likeness (QED) is 0.502. The van der Waals surface area contributed by atoms with Gasteiger partial charge in [-0.25, -0.2) is 9.97 Å². The third kappa shape index (κ3) is 3.37. The molecule has 0 saturated heterocycles. The zero-order valence-electron chi connectivity index (χ0n) is 15.3. The van der Waals surface area contributed by atoms with Crippen molar-refractivity contribution in [3.63, 3.8) is 0 Å². The lowest BCUT2D eigenvalue weighted by atomic mass is 10.0. The van der Waals surface area contributed by atoms with E-state index in [9.17, 15) is 0 Å². The number of hydrogen-bond acceptors (Lipinski definition) is 4. The minimum absolute atomic E-state index is 0.723. The van der Waals surface area contributed by atoms with Gasteiger partial charge in [0.25, 0.3) is 0 Å². The van der Waals surface area contributed by atoms with E-state index in [1.54, 1.807) is 0 Å². The molecule has 0 spiro atoms. The van der Waals surface area contributed by atoms with E-state index in [2.05, 4.69) is 39.1 Å². The molecule has 4 aromatic rings. The average Bonchev–Trinajstić information content (AvgIpc) is 2.74. The number of benzene rings is 2. The summed E-state index contributed by atoms with van der Waals surface area (Å²) in [6, 6.07) is 18.1. The summed E-state index contributed by atoms with van der Waals surface area (Å²) in [6.07, 6.45) is 4.81. The van der Waals surface area contributed by atoms with Crippen LogP contribution in [0.3, 0.4) is 0 Å². The van der Waals surface area contributed by atoms with Gasteiger partial charge in [0.1, 0.15) is 0 Å². The highest BCUT2D eigenvalue weighted by Gasteiger charge is 2.19. The molecular formula is C23H19ClN4. The fraction of sp³-hybridized carbons (Fsp3) is 0.174. The Balaban J connectivity index is 1.37. The number of fused-ring (bicyclic) bond motifs is 2. The van der Waals surface area contributed by atoms with E-state index in [1.807, 2.05) is 42.7 Å². The number of nitrogens with zero attached hydrogens (tertiary/aromatic N) is 4. The summed E-state index contributed by atoms with van der Waals surface area (Å²) < 4.78 is 0. The van der Waals surface area contributed by atoms with E-state index in [0.29, 0.717) is 0 Å². The van der Waals surface area contributed by atoms with Gasteiger partial charge in [-0.3, -0.25) is 9.88 Å². The second-order valence-electron chi connectivity index (χ2n) is 7.12. The van der Waals surface area contributed by atoms with Crippen molar-refractivity contribution in [3.8, 4) is 11.4 Å². The Morgan fingerprint density at radius 3 is 2.71 bits per heavy atom. The van der Waals surface area contributed by atoms with Crippen molar-refractivity contribution in [2.45, 2.75) is 19.5 Å². The summed E-state index contributed by atoms with van der Waals surface area (Å²) >= 11 is 5.98. The van der Waals surface area contributed by atoms with Crippen LogP contribution in [0.25, 0.3) is 22.3 Å². The van der Waals surface area contributed by atoms with Gasteiger partial charge >= 0.3 is 0 Å². The van der Waals surface area contributed by atoms with Crippen LogP contribution >= 0.6 is 11.6 Å².